The van der Waals surface area contributed by atoms with Gasteiger partial charge in [-0.1, -0.05) is 47.7 Å². The van der Waals surface area contributed by atoms with Gasteiger partial charge in [-0.3, -0.25) is 4.79 Å². The van der Waals surface area contributed by atoms with Crippen LogP contribution in [0.15, 0.2) is 48.5 Å². The molecule has 1 heterocycles. The van der Waals surface area contributed by atoms with Gasteiger partial charge in [-0.25, -0.2) is 0 Å². The van der Waals surface area contributed by atoms with Gasteiger partial charge < -0.3 is 5.32 Å². The molecule has 6 heteroatoms. The molecule has 0 saturated carbocycles. The predicted molar refractivity (Wildman–Crippen MR) is 105 cm³/mol. The Hall–Kier alpha value is -3.04. The summed E-state index contributed by atoms with van der Waals surface area (Å²) in [6, 6.07) is 17.9. The molecule has 0 bridgehead atoms. The first-order chi connectivity index (χ1) is 13.0. The molecule has 0 aliphatic heterocycles. The summed E-state index contributed by atoms with van der Waals surface area (Å²) < 4.78 is 0. The van der Waals surface area contributed by atoms with Crippen molar-refractivity contribution in [1.29, 1.82) is 5.26 Å². The van der Waals surface area contributed by atoms with Gasteiger partial charge in [0.2, 0.25) is 11.0 Å². The second kappa shape index (κ2) is 6.60. The number of nitrogens with one attached hydrogen (secondary N) is 1. The smallest absolute Gasteiger partial charge is 0.233 e. The van der Waals surface area contributed by atoms with Crippen molar-refractivity contribution >= 4 is 22.4 Å². The lowest BCUT2D eigenvalue weighted by molar-refractivity contribution is -0.125. The highest BCUT2D eigenvalue weighted by Gasteiger charge is 2.49. The minimum atomic E-state index is -0.683. The summed E-state index contributed by atoms with van der Waals surface area (Å²) in [6.07, 6.45) is 0.608. The molecule has 4 rings (SSSR count). The van der Waals surface area contributed by atoms with E-state index in [4.69, 9.17) is 0 Å². The van der Waals surface area contributed by atoms with Crippen molar-refractivity contribution in [2.24, 2.45) is 5.41 Å². The maximum absolute atomic E-state index is 13.3. The van der Waals surface area contributed by atoms with Crippen LogP contribution in [0.25, 0.3) is 0 Å². The Morgan fingerprint density at radius 2 is 2.04 bits per heavy atom. The second-order valence-corrected chi connectivity index (χ2v) is 8.23. The number of hydrogen-bond donors (Lipinski definition) is 1. The first kappa shape index (κ1) is 17.4. The number of rotatable bonds is 3. The van der Waals surface area contributed by atoms with Crippen molar-refractivity contribution in [3.63, 3.8) is 0 Å². The normalized spacial score (nSPS) is 20.7. The van der Waals surface area contributed by atoms with Gasteiger partial charge in [0, 0.05) is 5.92 Å². The zero-order chi connectivity index (χ0) is 19.0. The molecule has 3 aromatic rings. The number of aryl methyl sites for hydroxylation is 1. The number of amides is 1. The quantitative estimate of drug-likeness (QED) is 0.750. The predicted octanol–water partition coefficient (Wildman–Crippen LogP) is 4.05. The van der Waals surface area contributed by atoms with E-state index in [2.05, 4.69) is 21.6 Å². The minimum Gasteiger partial charge on any atom is -0.300 e. The summed E-state index contributed by atoms with van der Waals surface area (Å²) in [5, 5.41) is 21.6. The van der Waals surface area contributed by atoms with Crippen LogP contribution >= 0.6 is 11.3 Å². The highest BCUT2D eigenvalue weighted by Crippen LogP contribution is 2.51. The van der Waals surface area contributed by atoms with Crippen LogP contribution < -0.4 is 5.32 Å². The number of nitriles is 1. The van der Waals surface area contributed by atoms with E-state index in [1.165, 1.54) is 11.3 Å². The zero-order valence-electron chi connectivity index (χ0n) is 15.1. The van der Waals surface area contributed by atoms with E-state index in [1.807, 2.05) is 62.4 Å². The Bertz CT molecular complexity index is 1050. The van der Waals surface area contributed by atoms with Gasteiger partial charge in [0.25, 0.3) is 0 Å². The number of benzene rings is 2. The van der Waals surface area contributed by atoms with Crippen LogP contribution in [-0.2, 0) is 11.2 Å². The minimum absolute atomic E-state index is 0.0813. The van der Waals surface area contributed by atoms with Crippen molar-refractivity contribution in [2.45, 2.75) is 26.2 Å². The molecule has 134 valence electrons. The number of fused-ring (bicyclic) bond motifs is 1. The van der Waals surface area contributed by atoms with Gasteiger partial charge in [-0.15, -0.1) is 10.2 Å². The fraction of sp³-hybridized carbons (Fsp3) is 0.238. The molecule has 0 spiro atoms. The molecule has 1 N–H and O–H groups in total. The van der Waals surface area contributed by atoms with Crippen molar-refractivity contribution in [2.75, 3.05) is 5.32 Å². The molecule has 27 heavy (non-hydrogen) atoms. The SMILES string of the molecule is Cc1nnc(NC(=O)C2(C)Cc3ccc(C#N)cc3C2c2ccccc2)s1. The lowest BCUT2D eigenvalue weighted by atomic mass is 9.73. The van der Waals surface area contributed by atoms with E-state index in [-0.39, 0.29) is 11.8 Å². The molecule has 1 amide bonds. The number of hydrogen-bond acceptors (Lipinski definition) is 5. The molecule has 5 nitrogen and oxygen atoms in total. The number of aromatic nitrogens is 2. The molecule has 0 saturated heterocycles. The summed E-state index contributed by atoms with van der Waals surface area (Å²) >= 11 is 1.36. The van der Waals surface area contributed by atoms with Crippen molar-refractivity contribution in [3.05, 3.63) is 75.8 Å². The van der Waals surface area contributed by atoms with Gasteiger partial charge in [0.15, 0.2) is 0 Å². The van der Waals surface area contributed by atoms with Crippen LogP contribution in [-0.4, -0.2) is 16.1 Å². The maximum Gasteiger partial charge on any atom is 0.233 e. The fourth-order valence-corrected chi connectivity index (χ4v) is 4.51. The molecule has 1 aliphatic carbocycles. The summed E-state index contributed by atoms with van der Waals surface area (Å²) in [6.45, 7) is 3.84. The van der Waals surface area contributed by atoms with E-state index < -0.39 is 5.41 Å². The van der Waals surface area contributed by atoms with Crippen LogP contribution in [0.5, 0.6) is 0 Å². The summed E-state index contributed by atoms with van der Waals surface area (Å²) in [4.78, 5) is 13.3. The molecule has 2 unspecified atom stereocenters. The van der Waals surface area contributed by atoms with Crippen molar-refractivity contribution < 1.29 is 4.79 Å². The first-order valence-corrected chi connectivity index (χ1v) is 9.52. The van der Waals surface area contributed by atoms with Gasteiger partial charge >= 0.3 is 0 Å². The largest absolute Gasteiger partial charge is 0.300 e. The Labute approximate surface area is 161 Å². The maximum atomic E-state index is 13.3. The van der Waals surface area contributed by atoms with Crippen LogP contribution in [0, 0.1) is 23.7 Å². The number of anilines is 1. The third-order valence-corrected chi connectivity index (χ3v) is 5.93. The average Bonchev–Trinajstić information content (AvgIpc) is 3.22. The standard InChI is InChI=1S/C21H18N4OS/c1-13-24-25-20(27-13)23-19(26)21(2)11-16-9-8-14(12-22)10-17(16)18(21)15-6-4-3-5-7-15/h3-10,18H,11H2,1-2H3,(H,23,25,26). The Kier molecular flexibility index (Phi) is 4.25. The number of carbonyl (C=O) groups excluding carboxylic acids is 1. The molecular formula is C21H18N4OS. The van der Waals surface area contributed by atoms with E-state index in [9.17, 15) is 10.1 Å². The zero-order valence-corrected chi connectivity index (χ0v) is 15.9. The average molecular weight is 374 g/mol. The Balaban J connectivity index is 1.79. The summed E-state index contributed by atoms with van der Waals surface area (Å²) in [5.41, 5.74) is 3.15. The van der Waals surface area contributed by atoms with Crippen LogP contribution in [0.1, 0.15) is 40.1 Å². The van der Waals surface area contributed by atoms with Gasteiger partial charge in [-0.05, 0) is 49.1 Å². The first-order valence-electron chi connectivity index (χ1n) is 8.71. The monoisotopic (exact) mass is 374 g/mol. The highest BCUT2D eigenvalue weighted by atomic mass is 32.1. The molecule has 0 fully saturated rings. The molecule has 1 aliphatic rings. The molecule has 2 atom stereocenters. The van der Waals surface area contributed by atoms with Crippen LogP contribution in [0.3, 0.4) is 0 Å². The lowest BCUT2D eigenvalue weighted by Crippen LogP contribution is -2.37. The third-order valence-electron chi connectivity index (χ3n) is 5.18. The molecule has 2 aromatic carbocycles. The lowest BCUT2D eigenvalue weighted by Gasteiger charge is -2.30. The van der Waals surface area contributed by atoms with E-state index in [0.29, 0.717) is 17.1 Å². The van der Waals surface area contributed by atoms with Crippen LogP contribution in [0.2, 0.25) is 0 Å². The van der Waals surface area contributed by atoms with Crippen LogP contribution in [0.4, 0.5) is 5.13 Å². The fourth-order valence-electron chi connectivity index (χ4n) is 3.93. The summed E-state index contributed by atoms with van der Waals surface area (Å²) in [7, 11) is 0. The third kappa shape index (κ3) is 3.00. The summed E-state index contributed by atoms with van der Waals surface area (Å²) in [5.74, 6) is -0.210. The molecular weight excluding hydrogens is 356 g/mol. The van der Waals surface area contributed by atoms with E-state index in [1.54, 1.807) is 0 Å². The topological polar surface area (TPSA) is 78.7 Å². The van der Waals surface area contributed by atoms with E-state index >= 15 is 0 Å². The van der Waals surface area contributed by atoms with Gasteiger partial charge in [0.1, 0.15) is 5.01 Å². The van der Waals surface area contributed by atoms with E-state index in [0.717, 1.165) is 21.7 Å². The van der Waals surface area contributed by atoms with Crippen molar-refractivity contribution in [3.8, 4) is 6.07 Å². The second-order valence-electron chi connectivity index (χ2n) is 7.04. The Morgan fingerprint density at radius 1 is 1.26 bits per heavy atom. The molecule has 1 aromatic heterocycles. The van der Waals surface area contributed by atoms with Gasteiger partial charge in [-0.2, -0.15) is 5.26 Å². The van der Waals surface area contributed by atoms with Gasteiger partial charge in [0.05, 0.1) is 17.0 Å². The van der Waals surface area contributed by atoms with Crippen molar-refractivity contribution in [1.82, 2.24) is 10.2 Å². The number of nitrogens with zero attached hydrogens (tertiary/aromatic N) is 3. The molecule has 0 radical (unpaired) electrons. The highest BCUT2D eigenvalue weighted by molar-refractivity contribution is 7.15. The number of carbonyl (C=O) groups is 1. The Morgan fingerprint density at radius 3 is 2.70 bits per heavy atom.